The number of rotatable bonds is 5. The van der Waals surface area contributed by atoms with Gasteiger partial charge in [0, 0.05) is 25.2 Å². The first-order valence-corrected chi connectivity index (χ1v) is 9.19. The first-order chi connectivity index (χ1) is 10.5. The number of ether oxygens (including phenoxy) is 1. The summed E-state index contributed by atoms with van der Waals surface area (Å²) < 4.78 is 5.65. The molecule has 22 heavy (non-hydrogen) atoms. The molecule has 0 atom stereocenters. The van der Waals surface area contributed by atoms with E-state index < -0.39 is 5.60 Å². The van der Waals surface area contributed by atoms with Gasteiger partial charge in [0.15, 0.2) is 0 Å². The molecule has 2 aliphatic rings. The highest BCUT2D eigenvalue weighted by molar-refractivity contribution is 5.68. The van der Waals surface area contributed by atoms with Crippen LogP contribution in [0.15, 0.2) is 0 Å². The number of carbonyl (C=O) groups excluding carboxylic acids is 1. The lowest BCUT2D eigenvalue weighted by Crippen LogP contribution is -2.48. The van der Waals surface area contributed by atoms with Crippen LogP contribution in [0.5, 0.6) is 0 Å². The highest BCUT2D eigenvalue weighted by atomic mass is 16.6. The normalized spacial score (nSPS) is 21.0. The van der Waals surface area contributed by atoms with Crippen LogP contribution in [0.2, 0.25) is 0 Å². The van der Waals surface area contributed by atoms with Gasteiger partial charge in [0.2, 0.25) is 0 Å². The van der Waals surface area contributed by atoms with Gasteiger partial charge >= 0.3 is 6.09 Å². The Bertz CT molecular complexity index is 339. The van der Waals surface area contributed by atoms with E-state index in [2.05, 4.69) is 5.32 Å². The SMILES string of the molecule is CC(C)(C)OC(=O)N(CCNC1CCC1)C1CCCCCC1. The Labute approximate surface area is 136 Å². The van der Waals surface area contributed by atoms with E-state index in [0.29, 0.717) is 12.1 Å². The maximum absolute atomic E-state index is 12.6. The molecule has 2 aliphatic carbocycles. The molecule has 2 saturated carbocycles. The smallest absolute Gasteiger partial charge is 0.410 e. The Morgan fingerprint density at radius 1 is 1.05 bits per heavy atom. The van der Waals surface area contributed by atoms with Gasteiger partial charge in [-0.15, -0.1) is 0 Å². The molecule has 0 bridgehead atoms. The van der Waals surface area contributed by atoms with E-state index in [1.807, 2.05) is 25.7 Å². The number of nitrogens with one attached hydrogen (secondary N) is 1. The van der Waals surface area contributed by atoms with Crippen molar-refractivity contribution in [1.82, 2.24) is 10.2 Å². The summed E-state index contributed by atoms with van der Waals surface area (Å²) in [7, 11) is 0. The largest absolute Gasteiger partial charge is 0.444 e. The van der Waals surface area contributed by atoms with Gasteiger partial charge in [0.25, 0.3) is 0 Å². The number of nitrogens with zero attached hydrogens (tertiary/aromatic N) is 1. The van der Waals surface area contributed by atoms with Crippen molar-refractivity contribution in [3.63, 3.8) is 0 Å². The molecule has 0 aromatic carbocycles. The van der Waals surface area contributed by atoms with E-state index in [1.54, 1.807) is 0 Å². The van der Waals surface area contributed by atoms with E-state index in [1.165, 1.54) is 44.9 Å². The predicted octanol–water partition coefficient (Wildman–Crippen LogP) is 4.09. The number of hydrogen-bond donors (Lipinski definition) is 1. The van der Waals surface area contributed by atoms with Crippen molar-refractivity contribution in [2.45, 2.75) is 96.2 Å². The summed E-state index contributed by atoms with van der Waals surface area (Å²) in [5, 5.41) is 3.57. The summed E-state index contributed by atoms with van der Waals surface area (Å²) in [6.45, 7) is 7.50. The summed E-state index contributed by atoms with van der Waals surface area (Å²) in [6, 6.07) is 1.04. The molecule has 0 radical (unpaired) electrons. The van der Waals surface area contributed by atoms with Gasteiger partial charge in [0.1, 0.15) is 5.60 Å². The minimum Gasteiger partial charge on any atom is -0.444 e. The third kappa shape index (κ3) is 5.79. The molecule has 0 unspecified atom stereocenters. The molecule has 0 saturated heterocycles. The van der Waals surface area contributed by atoms with Gasteiger partial charge in [-0.2, -0.15) is 0 Å². The summed E-state index contributed by atoms with van der Waals surface area (Å²) in [5.41, 5.74) is -0.415. The molecular weight excluding hydrogens is 276 g/mol. The van der Waals surface area contributed by atoms with Crippen LogP contribution in [0.3, 0.4) is 0 Å². The van der Waals surface area contributed by atoms with Crippen molar-refractivity contribution >= 4 is 6.09 Å². The lowest BCUT2D eigenvalue weighted by molar-refractivity contribution is 0.0144. The third-order valence-electron chi connectivity index (χ3n) is 4.78. The van der Waals surface area contributed by atoms with Crippen molar-refractivity contribution in [3.8, 4) is 0 Å². The zero-order valence-corrected chi connectivity index (χ0v) is 14.7. The van der Waals surface area contributed by atoms with Crippen LogP contribution in [0.25, 0.3) is 0 Å². The fourth-order valence-electron chi connectivity index (χ4n) is 3.31. The van der Waals surface area contributed by atoms with Crippen LogP contribution in [0.4, 0.5) is 4.79 Å². The third-order valence-corrected chi connectivity index (χ3v) is 4.78. The molecule has 4 heteroatoms. The Morgan fingerprint density at radius 3 is 2.18 bits per heavy atom. The van der Waals surface area contributed by atoms with Crippen molar-refractivity contribution in [1.29, 1.82) is 0 Å². The Kier molecular flexibility index (Phi) is 6.54. The van der Waals surface area contributed by atoms with Crippen LogP contribution in [-0.2, 0) is 4.74 Å². The summed E-state index contributed by atoms with van der Waals surface area (Å²) in [6.07, 6.45) is 11.1. The maximum atomic E-state index is 12.6. The Balaban J connectivity index is 1.90. The molecule has 0 spiro atoms. The first kappa shape index (κ1) is 17.6. The van der Waals surface area contributed by atoms with E-state index in [-0.39, 0.29) is 6.09 Å². The van der Waals surface area contributed by atoms with Crippen LogP contribution in [0.1, 0.15) is 78.6 Å². The van der Waals surface area contributed by atoms with Gasteiger partial charge in [-0.1, -0.05) is 32.1 Å². The van der Waals surface area contributed by atoms with E-state index in [4.69, 9.17) is 4.74 Å². The number of hydrogen-bond acceptors (Lipinski definition) is 3. The highest BCUT2D eigenvalue weighted by Gasteiger charge is 2.29. The van der Waals surface area contributed by atoms with Gasteiger partial charge < -0.3 is 15.0 Å². The lowest BCUT2D eigenvalue weighted by Gasteiger charge is -2.34. The zero-order chi connectivity index (χ0) is 16.0. The predicted molar refractivity (Wildman–Crippen MR) is 90.1 cm³/mol. The minimum absolute atomic E-state index is 0.130. The molecule has 0 aliphatic heterocycles. The van der Waals surface area contributed by atoms with Crippen LogP contribution < -0.4 is 5.32 Å². The molecule has 1 amide bonds. The van der Waals surface area contributed by atoms with E-state index >= 15 is 0 Å². The second kappa shape index (κ2) is 8.19. The molecular formula is C18H34N2O2. The average molecular weight is 310 g/mol. The van der Waals surface area contributed by atoms with Crippen LogP contribution in [-0.4, -0.2) is 41.8 Å². The quantitative estimate of drug-likeness (QED) is 0.778. The maximum Gasteiger partial charge on any atom is 0.410 e. The van der Waals surface area contributed by atoms with Gasteiger partial charge in [-0.3, -0.25) is 0 Å². The average Bonchev–Trinajstić information content (AvgIpc) is 2.63. The van der Waals surface area contributed by atoms with Crippen molar-refractivity contribution in [2.75, 3.05) is 13.1 Å². The number of carbonyl (C=O) groups is 1. The molecule has 4 nitrogen and oxygen atoms in total. The van der Waals surface area contributed by atoms with Crippen molar-refractivity contribution in [3.05, 3.63) is 0 Å². The topological polar surface area (TPSA) is 41.6 Å². The molecule has 0 aromatic rings. The Morgan fingerprint density at radius 2 is 1.68 bits per heavy atom. The Hall–Kier alpha value is -0.770. The van der Waals surface area contributed by atoms with E-state index in [0.717, 1.165) is 25.9 Å². The fraction of sp³-hybridized carbons (Fsp3) is 0.944. The fourth-order valence-corrected chi connectivity index (χ4v) is 3.31. The standard InChI is InChI=1S/C18H34N2O2/c1-18(2,3)22-17(21)20(14-13-19-15-9-8-10-15)16-11-6-4-5-7-12-16/h15-16,19H,4-14H2,1-3H3. The molecule has 0 heterocycles. The van der Waals surface area contributed by atoms with Crippen molar-refractivity contribution in [2.24, 2.45) is 0 Å². The zero-order valence-electron chi connectivity index (χ0n) is 14.7. The van der Waals surface area contributed by atoms with Gasteiger partial charge in [-0.05, 0) is 46.5 Å². The lowest BCUT2D eigenvalue weighted by atomic mass is 9.93. The van der Waals surface area contributed by atoms with Gasteiger partial charge in [-0.25, -0.2) is 4.79 Å². The minimum atomic E-state index is -0.415. The summed E-state index contributed by atoms with van der Waals surface area (Å²) in [4.78, 5) is 14.6. The molecule has 0 aromatic heterocycles. The summed E-state index contributed by atoms with van der Waals surface area (Å²) >= 11 is 0. The monoisotopic (exact) mass is 310 g/mol. The van der Waals surface area contributed by atoms with Crippen LogP contribution >= 0.6 is 0 Å². The first-order valence-electron chi connectivity index (χ1n) is 9.19. The molecule has 2 rings (SSSR count). The summed E-state index contributed by atoms with van der Waals surface area (Å²) in [5.74, 6) is 0. The van der Waals surface area contributed by atoms with E-state index in [9.17, 15) is 4.79 Å². The second-order valence-electron chi connectivity index (χ2n) is 7.90. The highest BCUT2D eigenvalue weighted by Crippen LogP contribution is 2.24. The molecule has 2 fully saturated rings. The van der Waals surface area contributed by atoms with Gasteiger partial charge in [0.05, 0.1) is 0 Å². The van der Waals surface area contributed by atoms with Crippen LogP contribution in [0, 0.1) is 0 Å². The number of amides is 1. The van der Waals surface area contributed by atoms with Crippen molar-refractivity contribution < 1.29 is 9.53 Å². The molecule has 1 N–H and O–H groups in total. The molecule has 128 valence electrons. The second-order valence-corrected chi connectivity index (χ2v) is 7.90.